The summed E-state index contributed by atoms with van der Waals surface area (Å²) in [6.07, 6.45) is 1.89. The zero-order valence-electron chi connectivity index (χ0n) is 11.6. The minimum Gasteiger partial charge on any atom is -0.369 e. The third-order valence-electron chi connectivity index (χ3n) is 3.62. The number of nitrogens with one attached hydrogen (secondary N) is 1. The molecule has 0 amide bonds. The van der Waals surface area contributed by atoms with Crippen molar-refractivity contribution in [3.63, 3.8) is 0 Å². The van der Waals surface area contributed by atoms with Gasteiger partial charge in [0.25, 0.3) is 0 Å². The van der Waals surface area contributed by atoms with Gasteiger partial charge in [-0.2, -0.15) is 0 Å². The summed E-state index contributed by atoms with van der Waals surface area (Å²) in [5.41, 5.74) is 3.83. The minimum absolute atomic E-state index is 0.768. The van der Waals surface area contributed by atoms with Crippen LogP contribution >= 0.6 is 22.9 Å². The average molecular weight is 324 g/mol. The number of rotatable bonds is 4. The van der Waals surface area contributed by atoms with Crippen molar-refractivity contribution in [3.8, 4) is 0 Å². The Kier molecular flexibility index (Phi) is 4.60. The first-order valence-electron chi connectivity index (χ1n) is 6.89. The molecule has 112 valence electrons. The molecule has 0 atom stereocenters. The number of nitrogen functional groups attached to an aromatic ring is 1. The van der Waals surface area contributed by atoms with Crippen LogP contribution in [0.3, 0.4) is 0 Å². The van der Waals surface area contributed by atoms with Crippen LogP contribution in [-0.2, 0) is 6.54 Å². The van der Waals surface area contributed by atoms with Crippen molar-refractivity contribution in [2.45, 2.75) is 6.54 Å². The van der Waals surface area contributed by atoms with Crippen molar-refractivity contribution in [1.82, 2.24) is 9.88 Å². The summed E-state index contributed by atoms with van der Waals surface area (Å²) in [5, 5.41) is 1.55. The van der Waals surface area contributed by atoms with Gasteiger partial charge in [-0.25, -0.2) is 10.8 Å². The summed E-state index contributed by atoms with van der Waals surface area (Å²) in [5.74, 6) is 5.36. The maximum Gasteiger partial charge on any atom is 0.197 e. The molecule has 3 rings (SSSR count). The second kappa shape index (κ2) is 6.62. The molecule has 5 nitrogen and oxygen atoms in total. The number of hydrogen-bond acceptors (Lipinski definition) is 6. The summed E-state index contributed by atoms with van der Waals surface area (Å²) in [7, 11) is 0. The third kappa shape index (κ3) is 3.65. The SMILES string of the molecule is NNc1ncc(CN2CCN(c3ccc(Cl)cc3)CC2)s1. The van der Waals surface area contributed by atoms with Crippen molar-refractivity contribution in [2.24, 2.45) is 5.84 Å². The Hall–Kier alpha value is -1.34. The molecule has 21 heavy (non-hydrogen) atoms. The number of hydrazine groups is 1. The van der Waals surface area contributed by atoms with Gasteiger partial charge in [0.1, 0.15) is 0 Å². The molecule has 0 unspecified atom stereocenters. The fourth-order valence-electron chi connectivity index (χ4n) is 2.48. The molecule has 0 spiro atoms. The number of thiazole rings is 1. The van der Waals surface area contributed by atoms with E-state index in [0.29, 0.717) is 0 Å². The van der Waals surface area contributed by atoms with E-state index >= 15 is 0 Å². The molecular weight excluding hydrogens is 306 g/mol. The standard InChI is InChI=1S/C14H18ClN5S/c15-11-1-3-12(4-2-11)20-7-5-19(6-8-20)10-13-9-17-14(18-16)21-13/h1-4,9H,5-8,10,16H2,(H,17,18). The van der Waals surface area contributed by atoms with E-state index in [2.05, 4.69) is 32.3 Å². The lowest BCUT2D eigenvalue weighted by molar-refractivity contribution is 0.252. The molecule has 1 aliphatic heterocycles. The summed E-state index contributed by atoms with van der Waals surface area (Å²) in [6, 6.07) is 8.06. The number of anilines is 2. The predicted octanol–water partition coefficient (Wildman–Crippen LogP) is 2.40. The molecule has 2 heterocycles. The first kappa shape index (κ1) is 14.6. The van der Waals surface area contributed by atoms with E-state index < -0.39 is 0 Å². The van der Waals surface area contributed by atoms with E-state index in [1.54, 1.807) is 11.3 Å². The van der Waals surface area contributed by atoms with Crippen molar-refractivity contribution in [1.29, 1.82) is 0 Å². The molecule has 1 saturated heterocycles. The lowest BCUT2D eigenvalue weighted by Crippen LogP contribution is -2.45. The Labute approximate surface area is 133 Å². The smallest absolute Gasteiger partial charge is 0.197 e. The van der Waals surface area contributed by atoms with Crippen LogP contribution in [0.2, 0.25) is 5.02 Å². The van der Waals surface area contributed by atoms with Crippen LogP contribution in [-0.4, -0.2) is 36.1 Å². The molecule has 1 aromatic heterocycles. The van der Waals surface area contributed by atoms with Gasteiger partial charge in [0.2, 0.25) is 0 Å². The van der Waals surface area contributed by atoms with Gasteiger partial charge in [0.15, 0.2) is 5.13 Å². The fraction of sp³-hybridized carbons (Fsp3) is 0.357. The average Bonchev–Trinajstić information content (AvgIpc) is 2.97. The highest BCUT2D eigenvalue weighted by Gasteiger charge is 2.18. The van der Waals surface area contributed by atoms with Crippen molar-refractivity contribution in [3.05, 3.63) is 40.4 Å². The van der Waals surface area contributed by atoms with E-state index in [1.165, 1.54) is 10.6 Å². The lowest BCUT2D eigenvalue weighted by Gasteiger charge is -2.35. The number of halogens is 1. The van der Waals surface area contributed by atoms with Gasteiger partial charge in [-0.05, 0) is 24.3 Å². The first-order valence-corrected chi connectivity index (χ1v) is 8.08. The number of nitrogens with two attached hydrogens (primary N) is 1. The highest BCUT2D eigenvalue weighted by molar-refractivity contribution is 7.15. The molecule has 0 saturated carbocycles. The van der Waals surface area contributed by atoms with E-state index in [0.717, 1.165) is 42.9 Å². The minimum atomic E-state index is 0.768. The second-order valence-corrected chi connectivity index (χ2v) is 6.57. The Balaban J connectivity index is 1.54. The molecule has 0 aliphatic carbocycles. The third-order valence-corrected chi connectivity index (χ3v) is 4.79. The van der Waals surface area contributed by atoms with Crippen molar-refractivity contribution in [2.75, 3.05) is 36.5 Å². The van der Waals surface area contributed by atoms with Gasteiger partial charge in [0.05, 0.1) is 0 Å². The Morgan fingerprint density at radius 2 is 1.90 bits per heavy atom. The van der Waals surface area contributed by atoms with Crippen LogP contribution in [0.1, 0.15) is 4.88 Å². The highest BCUT2D eigenvalue weighted by atomic mass is 35.5. The molecule has 3 N–H and O–H groups in total. The summed E-state index contributed by atoms with van der Waals surface area (Å²) in [6.45, 7) is 5.09. The molecule has 1 fully saturated rings. The van der Waals surface area contributed by atoms with E-state index in [-0.39, 0.29) is 0 Å². The van der Waals surface area contributed by atoms with Crippen LogP contribution in [0, 0.1) is 0 Å². The van der Waals surface area contributed by atoms with Gasteiger partial charge >= 0.3 is 0 Å². The summed E-state index contributed by atoms with van der Waals surface area (Å²) >= 11 is 7.54. The van der Waals surface area contributed by atoms with Crippen molar-refractivity contribution >= 4 is 33.8 Å². The van der Waals surface area contributed by atoms with Crippen LogP contribution in [0.15, 0.2) is 30.5 Å². The number of aromatic nitrogens is 1. The number of piperazine rings is 1. The van der Waals surface area contributed by atoms with Crippen LogP contribution < -0.4 is 16.2 Å². The van der Waals surface area contributed by atoms with Crippen molar-refractivity contribution < 1.29 is 0 Å². The summed E-state index contributed by atoms with van der Waals surface area (Å²) in [4.78, 5) is 10.3. The zero-order valence-corrected chi connectivity index (χ0v) is 13.2. The quantitative estimate of drug-likeness (QED) is 0.668. The Bertz CT molecular complexity index is 577. The van der Waals surface area contributed by atoms with Crippen LogP contribution in [0.4, 0.5) is 10.8 Å². The highest BCUT2D eigenvalue weighted by Crippen LogP contribution is 2.22. The van der Waals surface area contributed by atoms with Crippen LogP contribution in [0.25, 0.3) is 0 Å². The monoisotopic (exact) mass is 323 g/mol. The largest absolute Gasteiger partial charge is 0.369 e. The van der Waals surface area contributed by atoms with E-state index in [4.69, 9.17) is 17.4 Å². The molecule has 0 bridgehead atoms. The maximum absolute atomic E-state index is 5.93. The van der Waals surface area contributed by atoms with Crippen LogP contribution in [0.5, 0.6) is 0 Å². The molecule has 0 radical (unpaired) electrons. The topological polar surface area (TPSA) is 57.4 Å². The molecule has 7 heteroatoms. The number of hydrogen-bond donors (Lipinski definition) is 2. The number of nitrogens with zero attached hydrogens (tertiary/aromatic N) is 3. The number of benzene rings is 1. The maximum atomic E-state index is 5.93. The lowest BCUT2D eigenvalue weighted by atomic mass is 10.2. The molecule has 1 aliphatic rings. The van der Waals surface area contributed by atoms with Gasteiger partial charge in [-0.15, -0.1) is 0 Å². The normalized spacial score (nSPS) is 16.2. The van der Waals surface area contributed by atoms with Gasteiger partial charge in [-0.1, -0.05) is 22.9 Å². The second-order valence-electron chi connectivity index (χ2n) is 5.02. The van der Waals surface area contributed by atoms with E-state index in [9.17, 15) is 0 Å². The molecule has 1 aromatic carbocycles. The van der Waals surface area contributed by atoms with Gasteiger partial charge < -0.3 is 4.90 Å². The zero-order chi connectivity index (χ0) is 14.7. The molecular formula is C14H18ClN5S. The summed E-state index contributed by atoms with van der Waals surface area (Å²) < 4.78 is 0. The Morgan fingerprint density at radius 3 is 2.52 bits per heavy atom. The predicted molar refractivity (Wildman–Crippen MR) is 88.9 cm³/mol. The van der Waals surface area contributed by atoms with Gasteiger partial charge in [-0.3, -0.25) is 10.3 Å². The Morgan fingerprint density at radius 1 is 1.19 bits per heavy atom. The van der Waals surface area contributed by atoms with Gasteiger partial charge in [0, 0.05) is 54.5 Å². The molecule has 2 aromatic rings. The first-order chi connectivity index (χ1) is 10.2. The fourth-order valence-corrected chi connectivity index (χ4v) is 3.38. The van der Waals surface area contributed by atoms with E-state index in [1.807, 2.05) is 18.3 Å².